The number of nitrogens with two attached hydrogens (primary N) is 1. The maximum atomic E-state index is 13.4. The summed E-state index contributed by atoms with van der Waals surface area (Å²) in [6.07, 6.45) is 8.82. The molecule has 0 saturated heterocycles. The van der Waals surface area contributed by atoms with Crippen LogP contribution in [0.25, 0.3) is 16.8 Å². The molecule has 0 bridgehead atoms. The molecule has 0 saturated carbocycles. The maximum absolute atomic E-state index is 13.4. The van der Waals surface area contributed by atoms with Crippen LogP contribution >= 0.6 is 24.8 Å². The van der Waals surface area contributed by atoms with E-state index in [2.05, 4.69) is 86.0 Å². The Morgan fingerprint density at radius 3 is 2.38 bits per heavy atom. The van der Waals surface area contributed by atoms with Crippen molar-refractivity contribution in [2.75, 3.05) is 6.54 Å². The van der Waals surface area contributed by atoms with Crippen LogP contribution in [-0.4, -0.2) is 35.7 Å². The van der Waals surface area contributed by atoms with Crippen molar-refractivity contribution in [3.63, 3.8) is 0 Å². The van der Waals surface area contributed by atoms with Gasteiger partial charge in [0.1, 0.15) is 5.75 Å². The van der Waals surface area contributed by atoms with Crippen molar-refractivity contribution in [2.24, 2.45) is 11.7 Å². The average Bonchev–Trinajstić information content (AvgIpc) is 2.89. The summed E-state index contributed by atoms with van der Waals surface area (Å²) >= 11 is 0. The van der Waals surface area contributed by atoms with Gasteiger partial charge in [-0.15, -0.1) is 24.8 Å². The number of rotatable bonds is 14. The fourth-order valence-electron chi connectivity index (χ4n) is 4.60. The number of phenols is 1. The molecule has 0 fully saturated rings. The molecule has 3 rings (SSSR count). The van der Waals surface area contributed by atoms with Crippen LogP contribution in [0.15, 0.2) is 72.8 Å². The van der Waals surface area contributed by atoms with Crippen molar-refractivity contribution >= 4 is 47.6 Å². The van der Waals surface area contributed by atoms with Crippen molar-refractivity contribution in [3.05, 3.63) is 83.9 Å². The zero-order chi connectivity index (χ0) is 26.6. The Morgan fingerprint density at radius 2 is 1.69 bits per heavy atom. The highest BCUT2D eigenvalue weighted by Crippen LogP contribution is 2.21. The highest BCUT2D eigenvalue weighted by Gasteiger charge is 2.23. The van der Waals surface area contributed by atoms with E-state index in [1.165, 1.54) is 10.8 Å². The summed E-state index contributed by atoms with van der Waals surface area (Å²) in [7, 11) is 0. The van der Waals surface area contributed by atoms with Gasteiger partial charge in [-0.25, -0.2) is 0 Å². The van der Waals surface area contributed by atoms with E-state index in [1.54, 1.807) is 12.1 Å². The zero-order valence-corrected chi connectivity index (χ0v) is 24.9. The number of benzene rings is 3. The monoisotopic (exact) mass is 573 g/mol. The Balaban J connectivity index is 0.00000380. The molecule has 0 aliphatic carbocycles. The van der Waals surface area contributed by atoms with Crippen molar-refractivity contribution in [1.29, 1.82) is 0 Å². The maximum Gasteiger partial charge on any atom is 0.237 e. The van der Waals surface area contributed by atoms with Crippen LogP contribution in [0.2, 0.25) is 0 Å². The van der Waals surface area contributed by atoms with E-state index >= 15 is 0 Å². The first-order chi connectivity index (χ1) is 17.9. The molecular formula is C32H45Cl2N3O2. The minimum atomic E-state index is -0.427. The molecule has 3 aromatic carbocycles. The quantitative estimate of drug-likeness (QED) is 0.174. The Kier molecular flexibility index (Phi) is 15.8. The third kappa shape index (κ3) is 11.6. The smallest absolute Gasteiger partial charge is 0.237 e. The van der Waals surface area contributed by atoms with Crippen LogP contribution in [-0.2, 0) is 11.2 Å². The van der Waals surface area contributed by atoms with Gasteiger partial charge in [-0.3, -0.25) is 10.1 Å². The lowest BCUT2D eigenvalue weighted by Crippen LogP contribution is -2.51. The zero-order valence-electron chi connectivity index (χ0n) is 23.3. The van der Waals surface area contributed by atoms with Crippen molar-refractivity contribution in [2.45, 2.75) is 71.0 Å². The number of amides is 1. The van der Waals surface area contributed by atoms with Crippen LogP contribution in [0.4, 0.5) is 0 Å². The van der Waals surface area contributed by atoms with E-state index in [0.717, 1.165) is 36.8 Å². The number of hydrogen-bond acceptors (Lipinski definition) is 4. The second-order valence-corrected chi connectivity index (χ2v) is 10.4. The molecule has 3 atom stereocenters. The SMILES string of the molecule is CCCC[C@H](N)CNC(=O)[C@H](Cc1ccc(O)cc1)N[C@H](/C=C/c1cccc2ccccc12)CC(C)C.Cl.Cl. The van der Waals surface area contributed by atoms with Gasteiger partial charge in [0.15, 0.2) is 0 Å². The predicted molar refractivity (Wildman–Crippen MR) is 170 cm³/mol. The molecule has 0 aliphatic rings. The first kappa shape index (κ1) is 34.5. The molecule has 214 valence electrons. The van der Waals surface area contributed by atoms with Gasteiger partial charge >= 0.3 is 0 Å². The van der Waals surface area contributed by atoms with Crippen molar-refractivity contribution in [1.82, 2.24) is 10.6 Å². The molecule has 0 radical (unpaired) electrons. The number of halogens is 2. The molecule has 7 heteroatoms. The summed E-state index contributed by atoms with van der Waals surface area (Å²) in [6.45, 7) is 7.00. The minimum absolute atomic E-state index is 0. The molecule has 5 nitrogen and oxygen atoms in total. The van der Waals surface area contributed by atoms with Gasteiger partial charge in [0, 0.05) is 18.6 Å². The number of nitrogens with one attached hydrogen (secondary N) is 2. The summed E-state index contributed by atoms with van der Waals surface area (Å²) < 4.78 is 0. The van der Waals surface area contributed by atoms with E-state index in [9.17, 15) is 9.90 Å². The fourth-order valence-corrected chi connectivity index (χ4v) is 4.60. The van der Waals surface area contributed by atoms with Crippen LogP contribution in [0.3, 0.4) is 0 Å². The van der Waals surface area contributed by atoms with Crippen molar-refractivity contribution in [3.8, 4) is 5.75 Å². The molecule has 39 heavy (non-hydrogen) atoms. The third-order valence-electron chi connectivity index (χ3n) is 6.63. The lowest BCUT2D eigenvalue weighted by atomic mass is 9.98. The third-order valence-corrected chi connectivity index (χ3v) is 6.63. The number of carbonyl (C=O) groups excluding carboxylic acids is 1. The summed E-state index contributed by atoms with van der Waals surface area (Å²) in [4.78, 5) is 13.4. The standard InChI is InChI=1S/C32H43N3O2.2ClH/c1-4-5-12-27(33)22-34-32(37)31(21-24-14-18-29(36)19-15-24)35-28(20-23(2)3)17-16-26-11-8-10-25-9-6-7-13-30(25)26;;/h6-11,13-19,23,27-28,31,35-36H,4-5,12,20-22,33H2,1-3H3,(H,34,37);2*1H/b17-16+;;/t27-,28+,31-;;/m0../s1. The lowest BCUT2D eigenvalue weighted by Gasteiger charge is -2.25. The first-order valence-electron chi connectivity index (χ1n) is 13.6. The highest BCUT2D eigenvalue weighted by atomic mass is 35.5. The molecule has 1 amide bonds. The normalized spacial score (nSPS) is 13.5. The lowest BCUT2D eigenvalue weighted by molar-refractivity contribution is -0.123. The molecule has 3 aromatic rings. The number of unbranched alkanes of at least 4 members (excludes halogenated alkanes) is 1. The number of carbonyl (C=O) groups is 1. The van der Waals surface area contributed by atoms with Gasteiger partial charge in [-0.05, 0) is 59.2 Å². The number of fused-ring (bicyclic) bond motifs is 1. The van der Waals surface area contributed by atoms with Gasteiger partial charge in [0.05, 0.1) is 6.04 Å². The van der Waals surface area contributed by atoms with E-state index < -0.39 is 6.04 Å². The molecule has 0 spiro atoms. The Hall–Kier alpha value is -2.57. The highest BCUT2D eigenvalue weighted by molar-refractivity contribution is 5.90. The molecule has 5 N–H and O–H groups in total. The second kappa shape index (κ2) is 17.9. The van der Waals surface area contributed by atoms with Crippen LogP contribution in [0.1, 0.15) is 57.6 Å². The summed E-state index contributed by atoms with van der Waals surface area (Å²) in [6, 6.07) is 21.3. The van der Waals surface area contributed by atoms with E-state index in [-0.39, 0.29) is 48.6 Å². The van der Waals surface area contributed by atoms with Gasteiger partial charge in [-0.1, -0.05) is 100 Å². The van der Waals surface area contributed by atoms with Crippen LogP contribution in [0.5, 0.6) is 5.75 Å². The first-order valence-corrected chi connectivity index (χ1v) is 13.6. The molecule has 0 aliphatic heterocycles. The summed E-state index contributed by atoms with van der Waals surface area (Å²) in [5.41, 5.74) is 8.38. The second-order valence-electron chi connectivity index (χ2n) is 10.4. The van der Waals surface area contributed by atoms with Crippen molar-refractivity contribution < 1.29 is 9.90 Å². The van der Waals surface area contributed by atoms with Gasteiger partial charge in [0.2, 0.25) is 5.91 Å². The molecular weight excluding hydrogens is 529 g/mol. The Bertz CT molecular complexity index is 1150. The Labute approximate surface area is 246 Å². The molecule has 0 unspecified atom stereocenters. The molecule has 0 heterocycles. The fraction of sp³-hybridized carbons (Fsp3) is 0.406. The van der Waals surface area contributed by atoms with Crippen LogP contribution in [0, 0.1) is 5.92 Å². The van der Waals surface area contributed by atoms with E-state index in [4.69, 9.17) is 5.73 Å². The van der Waals surface area contributed by atoms with Crippen LogP contribution < -0.4 is 16.4 Å². The predicted octanol–water partition coefficient (Wildman–Crippen LogP) is 6.65. The number of phenolic OH excluding ortho intramolecular Hbond substituents is 1. The Morgan fingerprint density at radius 1 is 1.00 bits per heavy atom. The van der Waals surface area contributed by atoms with Gasteiger partial charge in [-0.2, -0.15) is 0 Å². The van der Waals surface area contributed by atoms with Gasteiger partial charge < -0.3 is 16.2 Å². The van der Waals surface area contributed by atoms with E-state index in [1.807, 2.05) is 12.1 Å². The largest absolute Gasteiger partial charge is 0.508 e. The summed E-state index contributed by atoms with van der Waals surface area (Å²) in [5.74, 6) is 0.622. The topological polar surface area (TPSA) is 87.4 Å². The minimum Gasteiger partial charge on any atom is -0.508 e. The van der Waals surface area contributed by atoms with Gasteiger partial charge in [0.25, 0.3) is 0 Å². The summed E-state index contributed by atoms with van der Waals surface area (Å²) in [5, 5.41) is 18.8. The van der Waals surface area contributed by atoms with E-state index in [0.29, 0.717) is 18.9 Å². The average molecular weight is 575 g/mol. The number of hydrogen-bond donors (Lipinski definition) is 4. The number of aromatic hydroxyl groups is 1. The molecule has 0 aromatic heterocycles.